The zero-order valence-corrected chi connectivity index (χ0v) is 14.2. The number of hydrogen-bond acceptors (Lipinski definition) is 4. The third-order valence-corrected chi connectivity index (χ3v) is 5.80. The number of rotatable bonds is 4. The van der Waals surface area contributed by atoms with Crippen molar-refractivity contribution >= 4 is 22.9 Å². The first kappa shape index (κ1) is 13.9. The first-order valence-electron chi connectivity index (χ1n) is 7.30. The predicted molar refractivity (Wildman–Crippen MR) is 87.0 cm³/mol. The van der Waals surface area contributed by atoms with E-state index in [1.807, 2.05) is 0 Å². The monoisotopic (exact) mass is 376 g/mol. The van der Waals surface area contributed by atoms with E-state index in [2.05, 4.69) is 61.6 Å². The fourth-order valence-corrected chi connectivity index (χ4v) is 4.19. The lowest BCUT2D eigenvalue weighted by atomic mass is 9.77. The highest BCUT2D eigenvalue weighted by Crippen LogP contribution is 2.36. The molecule has 108 valence electrons. The van der Waals surface area contributed by atoms with Gasteiger partial charge in [0.1, 0.15) is 5.82 Å². The molecule has 0 saturated carbocycles. The number of hydrogen-bond donors (Lipinski definition) is 2. The van der Waals surface area contributed by atoms with Crippen molar-refractivity contribution < 1.29 is 0 Å². The van der Waals surface area contributed by atoms with Crippen LogP contribution in [0.5, 0.6) is 0 Å². The van der Waals surface area contributed by atoms with Crippen LogP contribution in [0.25, 0.3) is 0 Å². The van der Waals surface area contributed by atoms with Gasteiger partial charge in [0.15, 0.2) is 0 Å². The van der Waals surface area contributed by atoms with Gasteiger partial charge in [-0.1, -0.05) is 6.92 Å². The van der Waals surface area contributed by atoms with Crippen LogP contribution in [0.15, 0.2) is 11.9 Å². The summed E-state index contributed by atoms with van der Waals surface area (Å²) < 4.78 is 2.34. The fourth-order valence-electron chi connectivity index (χ4n) is 3.64. The molecule has 5 heteroatoms. The summed E-state index contributed by atoms with van der Waals surface area (Å²) in [6, 6.07) is 0. The molecule has 2 saturated heterocycles. The van der Waals surface area contributed by atoms with E-state index in [9.17, 15) is 0 Å². The highest BCUT2D eigenvalue weighted by atomic mass is 127. The van der Waals surface area contributed by atoms with Crippen LogP contribution in [0.3, 0.4) is 0 Å². The van der Waals surface area contributed by atoms with Crippen molar-refractivity contribution in [2.45, 2.75) is 19.8 Å². The zero-order chi connectivity index (χ0) is 13.5. The second-order valence-corrected chi connectivity index (χ2v) is 8.16. The molecule has 0 aromatic rings. The quantitative estimate of drug-likeness (QED) is 0.574. The van der Waals surface area contributed by atoms with Crippen LogP contribution in [0.1, 0.15) is 19.8 Å². The molecule has 0 amide bonds. The Morgan fingerprint density at radius 1 is 1.42 bits per heavy atom. The van der Waals surface area contributed by atoms with E-state index in [-0.39, 0.29) is 0 Å². The van der Waals surface area contributed by atoms with Crippen molar-refractivity contribution in [3.05, 3.63) is 11.9 Å². The lowest BCUT2D eigenvalue weighted by Crippen LogP contribution is -2.56. The standard InChI is InChI=1S/C14H25IN4/c1-13(10-18(2)11-13)3-5-17-12-7-14(8-16-9-14)4-6-19(12)15/h7,16-17H,3-6,8-11H2,1-2H3. The highest BCUT2D eigenvalue weighted by Gasteiger charge is 2.39. The lowest BCUT2D eigenvalue weighted by molar-refractivity contribution is 0.0322. The summed E-state index contributed by atoms with van der Waals surface area (Å²) >= 11 is 2.44. The van der Waals surface area contributed by atoms with Gasteiger partial charge in [-0.3, -0.25) is 0 Å². The molecule has 3 heterocycles. The van der Waals surface area contributed by atoms with E-state index >= 15 is 0 Å². The van der Waals surface area contributed by atoms with Crippen molar-refractivity contribution in [2.24, 2.45) is 10.8 Å². The van der Waals surface area contributed by atoms with Crippen LogP contribution in [0, 0.1) is 10.8 Å². The normalized spacial score (nSPS) is 28.6. The number of likely N-dealkylation sites (tertiary alicyclic amines) is 1. The Balaban J connectivity index is 1.51. The van der Waals surface area contributed by atoms with Gasteiger partial charge in [-0.15, -0.1) is 0 Å². The molecule has 0 aromatic heterocycles. The van der Waals surface area contributed by atoms with Gasteiger partial charge in [-0.05, 0) is 31.4 Å². The fraction of sp³-hybridized carbons (Fsp3) is 0.857. The third kappa shape index (κ3) is 2.88. The van der Waals surface area contributed by atoms with Crippen molar-refractivity contribution in [1.29, 1.82) is 0 Å². The van der Waals surface area contributed by atoms with Gasteiger partial charge in [0.2, 0.25) is 0 Å². The van der Waals surface area contributed by atoms with Crippen molar-refractivity contribution in [1.82, 2.24) is 18.6 Å². The molecule has 0 atom stereocenters. The Labute approximate surface area is 130 Å². The van der Waals surface area contributed by atoms with Crippen LogP contribution in [-0.2, 0) is 0 Å². The number of nitrogens with one attached hydrogen (secondary N) is 2. The number of nitrogens with zero attached hydrogens (tertiary/aromatic N) is 2. The molecule has 4 nitrogen and oxygen atoms in total. The molecule has 2 fully saturated rings. The van der Waals surface area contributed by atoms with Crippen molar-refractivity contribution in [2.75, 3.05) is 46.3 Å². The maximum absolute atomic E-state index is 3.67. The zero-order valence-electron chi connectivity index (χ0n) is 12.0. The van der Waals surface area contributed by atoms with Crippen LogP contribution in [0.2, 0.25) is 0 Å². The van der Waals surface area contributed by atoms with Gasteiger partial charge in [-0.25, -0.2) is 0 Å². The van der Waals surface area contributed by atoms with E-state index in [0.717, 1.165) is 19.6 Å². The molecule has 0 aliphatic carbocycles. The average molecular weight is 376 g/mol. The largest absolute Gasteiger partial charge is 0.371 e. The molecule has 1 spiro atoms. The summed E-state index contributed by atoms with van der Waals surface area (Å²) in [6.45, 7) is 9.48. The Morgan fingerprint density at radius 2 is 2.16 bits per heavy atom. The van der Waals surface area contributed by atoms with Gasteiger partial charge in [0, 0.05) is 44.7 Å². The molecule has 2 N–H and O–H groups in total. The number of halogens is 1. The average Bonchev–Trinajstić information content (AvgIpc) is 2.28. The summed E-state index contributed by atoms with van der Waals surface area (Å²) in [5.41, 5.74) is 0.980. The van der Waals surface area contributed by atoms with E-state index < -0.39 is 0 Å². The van der Waals surface area contributed by atoms with Gasteiger partial charge < -0.3 is 18.6 Å². The summed E-state index contributed by atoms with van der Waals surface area (Å²) in [6.07, 6.45) is 5.02. The minimum atomic E-state index is 0.449. The molecular formula is C14H25IN4. The predicted octanol–water partition coefficient (Wildman–Crippen LogP) is 1.40. The molecule has 3 aliphatic heterocycles. The summed E-state index contributed by atoms with van der Waals surface area (Å²) in [4.78, 5) is 2.40. The van der Waals surface area contributed by atoms with Crippen molar-refractivity contribution in [3.63, 3.8) is 0 Å². The van der Waals surface area contributed by atoms with Gasteiger partial charge in [0.05, 0.1) is 22.9 Å². The van der Waals surface area contributed by atoms with Crippen LogP contribution in [0.4, 0.5) is 0 Å². The first-order chi connectivity index (χ1) is 9.00. The summed E-state index contributed by atoms with van der Waals surface area (Å²) in [5, 5.41) is 7.08. The second-order valence-electron chi connectivity index (χ2n) is 6.99. The van der Waals surface area contributed by atoms with Crippen LogP contribution >= 0.6 is 22.9 Å². The van der Waals surface area contributed by atoms with Gasteiger partial charge in [0.25, 0.3) is 0 Å². The van der Waals surface area contributed by atoms with Crippen molar-refractivity contribution in [3.8, 4) is 0 Å². The smallest absolute Gasteiger partial charge is 0.107 e. The van der Waals surface area contributed by atoms with E-state index in [1.165, 1.54) is 38.3 Å². The Hall–Kier alpha value is -0.01000. The second kappa shape index (κ2) is 5.07. The Morgan fingerprint density at radius 3 is 2.74 bits per heavy atom. The maximum atomic E-state index is 3.67. The van der Waals surface area contributed by atoms with E-state index in [0.29, 0.717) is 10.8 Å². The molecule has 0 radical (unpaired) electrons. The highest BCUT2D eigenvalue weighted by molar-refractivity contribution is 14.1. The molecule has 0 aromatic carbocycles. The first-order valence-corrected chi connectivity index (χ1v) is 8.26. The molecule has 19 heavy (non-hydrogen) atoms. The van der Waals surface area contributed by atoms with Gasteiger partial charge >= 0.3 is 0 Å². The van der Waals surface area contributed by atoms with E-state index in [4.69, 9.17) is 0 Å². The molecular weight excluding hydrogens is 351 g/mol. The third-order valence-electron chi connectivity index (χ3n) is 4.80. The molecule has 0 unspecified atom stereocenters. The minimum Gasteiger partial charge on any atom is -0.371 e. The lowest BCUT2D eigenvalue weighted by Gasteiger charge is -2.47. The maximum Gasteiger partial charge on any atom is 0.107 e. The summed E-state index contributed by atoms with van der Waals surface area (Å²) in [5.74, 6) is 1.34. The topological polar surface area (TPSA) is 30.5 Å². The molecule has 3 aliphatic rings. The molecule has 3 rings (SSSR count). The SMILES string of the molecule is CN1CC(C)(CCNC2=CC3(CCN2I)CNC3)C1. The van der Waals surface area contributed by atoms with E-state index in [1.54, 1.807) is 0 Å². The summed E-state index contributed by atoms with van der Waals surface area (Å²) in [7, 11) is 2.21. The molecule has 0 bridgehead atoms. The minimum absolute atomic E-state index is 0.449. The Bertz CT molecular complexity index is 372. The van der Waals surface area contributed by atoms with Crippen LogP contribution in [-0.4, -0.2) is 54.3 Å². The van der Waals surface area contributed by atoms with Gasteiger partial charge in [-0.2, -0.15) is 0 Å². The van der Waals surface area contributed by atoms with Crippen LogP contribution < -0.4 is 10.6 Å². The Kier molecular flexibility index (Phi) is 3.73.